The Balaban J connectivity index is 0.000000810. The molecule has 0 aromatic rings. The van der Waals surface area contributed by atoms with Crippen LogP contribution in [0.1, 0.15) is 25.7 Å². The van der Waals surface area contributed by atoms with Crippen LogP contribution in [0.15, 0.2) is 0 Å². The van der Waals surface area contributed by atoms with Crippen LogP contribution in [0.2, 0.25) is 0 Å². The zero-order valence-electron chi connectivity index (χ0n) is 6.11. The lowest BCUT2D eigenvalue weighted by Gasteiger charge is -2.08. The Morgan fingerprint density at radius 2 is 2.00 bits per heavy atom. The molecule has 1 aliphatic rings. The fourth-order valence-corrected chi connectivity index (χ4v) is 1.17. The summed E-state index contributed by atoms with van der Waals surface area (Å²) in [6.07, 6.45) is 4.16. The van der Waals surface area contributed by atoms with Gasteiger partial charge >= 0.3 is 0 Å². The number of hydrogen-bond donors (Lipinski definition) is 1. The van der Waals surface area contributed by atoms with Crippen molar-refractivity contribution in [3.05, 3.63) is 0 Å². The number of halogens is 2. The second-order valence-corrected chi connectivity index (χ2v) is 3.00. The molecule has 62 valence electrons. The summed E-state index contributed by atoms with van der Waals surface area (Å²) in [5, 5.41) is 0. The molecule has 1 aliphatic carbocycles. The summed E-state index contributed by atoms with van der Waals surface area (Å²) in [7, 11) is 0. The average molecular weight is 168 g/mol. The Morgan fingerprint density at radius 3 is 2.30 bits per heavy atom. The molecule has 1 saturated carbocycles. The van der Waals surface area contributed by atoms with Crippen LogP contribution in [0, 0.1) is 5.41 Å². The summed E-state index contributed by atoms with van der Waals surface area (Å²) in [6.45, 7) is 0.578. The van der Waals surface area contributed by atoms with Gasteiger partial charge in [0.05, 0.1) is 6.67 Å². The van der Waals surface area contributed by atoms with E-state index in [-0.39, 0.29) is 19.1 Å². The van der Waals surface area contributed by atoms with E-state index >= 15 is 0 Å². The molecule has 0 aromatic carbocycles. The lowest BCUT2D eigenvalue weighted by atomic mass is 10.0. The number of alkyl halides is 1. The van der Waals surface area contributed by atoms with Crippen LogP contribution in [0.3, 0.4) is 0 Å². The van der Waals surface area contributed by atoms with Crippen molar-refractivity contribution in [1.82, 2.24) is 0 Å². The van der Waals surface area contributed by atoms with E-state index in [0.29, 0.717) is 11.8 Å². The molecule has 0 atom stereocenters. The van der Waals surface area contributed by atoms with Crippen molar-refractivity contribution >= 4 is 12.4 Å². The van der Waals surface area contributed by atoms with Crippen molar-refractivity contribution in [2.75, 3.05) is 13.2 Å². The van der Waals surface area contributed by atoms with Crippen LogP contribution in [0.4, 0.5) is 4.39 Å². The first-order valence-corrected chi connectivity index (χ1v) is 3.59. The summed E-state index contributed by atoms with van der Waals surface area (Å²) in [6, 6.07) is 0. The highest BCUT2D eigenvalue weighted by Crippen LogP contribution is 2.48. The summed E-state index contributed by atoms with van der Waals surface area (Å²) < 4.78 is 11.6. The van der Waals surface area contributed by atoms with E-state index in [1.54, 1.807) is 0 Å². The molecule has 1 nitrogen and oxygen atoms in total. The average Bonchev–Trinajstić information content (AvgIpc) is 2.65. The molecule has 0 heterocycles. The Kier molecular flexibility index (Phi) is 4.22. The van der Waals surface area contributed by atoms with Crippen LogP contribution in [-0.4, -0.2) is 13.2 Å². The summed E-state index contributed by atoms with van der Waals surface area (Å²) >= 11 is 0. The van der Waals surface area contributed by atoms with Gasteiger partial charge in [-0.05, 0) is 37.6 Å². The maximum Gasteiger partial charge on any atom is 0.0894 e. The van der Waals surface area contributed by atoms with Crippen molar-refractivity contribution in [3.63, 3.8) is 0 Å². The van der Waals surface area contributed by atoms with E-state index in [0.717, 1.165) is 13.0 Å². The van der Waals surface area contributed by atoms with Crippen LogP contribution in [0.25, 0.3) is 0 Å². The fourth-order valence-electron chi connectivity index (χ4n) is 1.17. The van der Waals surface area contributed by atoms with Crippen LogP contribution in [-0.2, 0) is 0 Å². The summed E-state index contributed by atoms with van der Waals surface area (Å²) in [4.78, 5) is 0. The molecule has 2 N–H and O–H groups in total. The standard InChI is InChI=1S/C7H14FN.ClH/c8-5-1-2-7(6-9)3-4-7;/h1-6,9H2;1H. The highest BCUT2D eigenvalue weighted by atomic mass is 35.5. The summed E-state index contributed by atoms with van der Waals surface area (Å²) in [5.41, 5.74) is 5.87. The minimum absolute atomic E-state index is 0. The van der Waals surface area contributed by atoms with Crippen molar-refractivity contribution in [3.8, 4) is 0 Å². The van der Waals surface area contributed by atoms with E-state index in [1.807, 2.05) is 0 Å². The maximum atomic E-state index is 11.6. The molecule has 0 aliphatic heterocycles. The monoisotopic (exact) mass is 167 g/mol. The predicted octanol–water partition coefficient (Wildman–Crippen LogP) is 1.90. The molecule has 0 spiro atoms. The molecule has 10 heavy (non-hydrogen) atoms. The van der Waals surface area contributed by atoms with Crippen molar-refractivity contribution in [2.45, 2.75) is 25.7 Å². The molecular weight excluding hydrogens is 153 g/mol. The smallest absolute Gasteiger partial charge is 0.0894 e. The first-order valence-electron chi connectivity index (χ1n) is 3.59. The van der Waals surface area contributed by atoms with Gasteiger partial charge in [-0.1, -0.05) is 0 Å². The lowest BCUT2D eigenvalue weighted by molar-refractivity contribution is 0.393. The van der Waals surface area contributed by atoms with Crippen LogP contribution in [0.5, 0.6) is 0 Å². The third-order valence-corrected chi connectivity index (χ3v) is 2.23. The Bertz CT molecular complexity index is 93.6. The first kappa shape index (κ1) is 10.2. The molecule has 1 rings (SSSR count). The van der Waals surface area contributed by atoms with Gasteiger partial charge in [0.1, 0.15) is 0 Å². The molecule has 0 saturated heterocycles. The van der Waals surface area contributed by atoms with Crippen molar-refractivity contribution in [1.29, 1.82) is 0 Å². The quantitative estimate of drug-likeness (QED) is 0.680. The molecule has 0 aromatic heterocycles. The van der Waals surface area contributed by atoms with E-state index in [2.05, 4.69) is 0 Å². The molecule has 0 amide bonds. The normalized spacial score (nSPS) is 19.8. The second-order valence-electron chi connectivity index (χ2n) is 3.00. The number of rotatable bonds is 4. The molecule has 0 bridgehead atoms. The molecule has 1 fully saturated rings. The van der Waals surface area contributed by atoms with Gasteiger partial charge in [-0.15, -0.1) is 12.4 Å². The zero-order valence-corrected chi connectivity index (χ0v) is 6.92. The van der Waals surface area contributed by atoms with Gasteiger partial charge in [-0.2, -0.15) is 0 Å². The highest BCUT2D eigenvalue weighted by molar-refractivity contribution is 5.85. The van der Waals surface area contributed by atoms with Crippen LogP contribution >= 0.6 is 12.4 Å². The minimum atomic E-state index is -0.179. The molecule has 3 heteroatoms. The van der Waals surface area contributed by atoms with Gasteiger partial charge in [-0.3, -0.25) is 4.39 Å². The van der Waals surface area contributed by atoms with Gasteiger partial charge < -0.3 is 5.73 Å². The zero-order chi connectivity index (χ0) is 6.74. The van der Waals surface area contributed by atoms with E-state index < -0.39 is 0 Å². The molecule has 0 unspecified atom stereocenters. The fraction of sp³-hybridized carbons (Fsp3) is 1.00. The van der Waals surface area contributed by atoms with E-state index in [9.17, 15) is 4.39 Å². The summed E-state index contributed by atoms with van der Waals surface area (Å²) in [5.74, 6) is 0. The van der Waals surface area contributed by atoms with Crippen LogP contribution < -0.4 is 5.73 Å². The topological polar surface area (TPSA) is 26.0 Å². The SMILES string of the molecule is Cl.NCC1(CCCF)CC1. The molecule has 0 radical (unpaired) electrons. The first-order chi connectivity index (χ1) is 4.33. The van der Waals surface area contributed by atoms with Gasteiger partial charge in [0.25, 0.3) is 0 Å². The van der Waals surface area contributed by atoms with E-state index in [4.69, 9.17) is 5.73 Å². The van der Waals surface area contributed by atoms with Gasteiger partial charge in [-0.25, -0.2) is 0 Å². The van der Waals surface area contributed by atoms with Gasteiger partial charge in [0.2, 0.25) is 0 Å². The largest absolute Gasteiger partial charge is 0.330 e. The van der Waals surface area contributed by atoms with Gasteiger partial charge in [0.15, 0.2) is 0 Å². The minimum Gasteiger partial charge on any atom is -0.330 e. The van der Waals surface area contributed by atoms with Gasteiger partial charge in [0, 0.05) is 0 Å². The van der Waals surface area contributed by atoms with Crippen molar-refractivity contribution in [2.24, 2.45) is 11.1 Å². The third kappa shape index (κ3) is 2.43. The lowest BCUT2D eigenvalue weighted by Crippen LogP contribution is -2.15. The number of hydrogen-bond acceptors (Lipinski definition) is 1. The predicted molar refractivity (Wildman–Crippen MR) is 43.2 cm³/mol. The Morgan fingerprint density at radius 1 is 1.40 bits per heavy atom. The number of nitrogens with two attached hydrogens (primary N) is 1. The third-order valence-electron chi connectivity index (χ3n) is 2.23. The molecular formula is C7H15ClFN. The second kappa shape index (κ2) is 4.14. The Labute approximate surface area is 67.6 Å². The van der Waals surface area contributed by atoms with Crippen molar-refractivity contribution < 1.29 is 4.39 Å². The maximum absolute atomic E-state index is 11.6. The Hall–Kier alpha value is 0.180. The highest BCUT2D eigenvalue weighted by Gasteiger charge is 2.39. The van der Waals surface area contributed by atoms with E-state index in [1.165, 1.54) is 12.8 Å².